The molecule has 1 aromatic heterocycles. The number of epoxide rings is 1. The maximum atomic E-state index is 13.0. The van der Waals surface area contributed by atoms with E-state index in [-0.39, 0.29) is 18.8 Å². The lowest BCUT2D eigenvalue weighted by Gasteiger charge is -2.40. The van der Waals surface area contributed by atoms with Gasteiger partial charge in [0.05, 0.1) is 25.4 Å². The Morgan fingerprint density at radius 2 is 1.29 bits per heavy atom. The van der Waals surface area contributed by atoms with Gasteiger partial charge in [-0.1, -0.05) is 0 Å². The molecule has 1 atom stereocenters. The van der Waals surface area contributed by atoms with Crippen LogP contribution in [0.1, 0.15) is 0 Å². The van der Waals surface area contributed by atoms with Gasteiger partial charge in [0.25, 0.3) is 0 Å². The van der Waals surface area contributed by atoms with Gasteiger partial charge in [-0.15, -0.1) is 0 Å². The molecule has 0 spiro atoms. The Morgan fingerprint density at radius 1 is 0.806 bits per heavy atom. The molecule has 178 valence electrons. The van der Waals surface area contributed by atoms with Crippen molar-refractivity contribution in [2.24, 2.45) is 7.05 Å². The number of ether oxygens (including phenoxy) is 1. The second-order valence-electron chi connectivity index (χ2n) is 10.5. The molecule has 14 heteroatoms. The summed E-state index contributed by atoms with van der Waals surface area (Å²) in [6, 6.07) is 0. The van der Waals surface area contributed by atoms with Crippen LogP contribution in [0.25, 0.3) is 0 Å². The predicted molar refractivity (Wildman–Crippen MR) is 129 cm³/mol. The first kappa shape index (κ1) is 26.4. The molecule has 0 amide bonds. The summed E-state index contributed by atoms with van der Waals surface area (Å²) < 4.78 is 27.5. The highest BCUT2D eigenvalue weighted by Crippen LogP contribution is 2.24. The zero-order chi connectivity index (χ0) is 24.0. The summed E-state index contributed by atoms with van der Waals surface area (Å²) >= 11 is 0. The Bertz CT molecular complexity index is 987. The predicted octanol–water partition coefficient (Wildman–Crippen LogP) is 1.14. The third-order valence-corrected chi connectivity index (χ3v) is 18.0. The van der Waals surface area contributed by atoms with Gasteiger partial charge in [0.2, 0.25) is 0 Å². The van der Waals surface area contributed by atoms with Gasteiger partial charge in [-0.3, -0.25) is 0 Å². The molecule has 1 aromatic rings. The number of nitrogens with zero attached hydrogens (tertiary/aromatic N) is 3. The van der Waals surface area contributed by atoms with E-state index in [0.29, 0.717) is 6.61 Å². The first-order chi connectivity index (χ1) is 13.8. The van der Waals surface area contributed by atoms with Crippen molar-refractivity contribution in [2.45, 2.75) is 77.7 Å². The molecule has 1 aliphatic rings. The largest absolute Gasteiger partial charge is 0.437 e. The van der Waals surface area contributed by atoms with Gasteiger partial charge in [-0.05, 0) is 58.9 Å². The van der Waals surface area contributed by atoms with Crippen molar-refractivity contribution in [2.75, 3.05) is 6.61 Å². The van der Waals surface area contributed by atoms with Crippen molar-refractivity contribution in [1.82, 2.24) is 13.7 Å². The second kappa shape index (κ2) is 8.81. The molecule has 0 aromatic carbocycles. The molecule has 1 unspecified atom stereocenters. The third-order valence-electron chi connectivity index (χ3n) is 4.39. The van der Waals surface area contributed by atoms with Crippen molar-refractivity contribution in [3.8, 4) is 0 Å². The minimum absolute atomic E-state index is 0.126. The Morgan fingerprint density at radius 3 is 1.77 bits per heavy atom. The number of hydrogen-bond acceptors (Lipinski definition) is 7. The van der Waals surface area contributed by atoms with Crippen LogP contribution < -0.4 is 17.1 Å². The first-order valence-corrected chi connectivity index (χ1v) is 22.6. The lowest BCUT2D eigenvalue weighted by Crippen LogP contribution is -2.60. The quantitative estimate of drug-likeness (QED) is 0.345. The molecule has 0 radical (unpaired) electrons. The van der Waals surface area contributed by atoms with Crippen LogP contribution in [0.15, 0.2) is 14.4 Å². The highest BCUT2D eigenvalue weighted by molar-refractivity contribution is 6.89. The van der Waals surface area contributed by atoms with Gasteiger partial charge in [-0.2, -0.15) is 0 Å². The Kier molecular flexibility index (Phi) is 7.49. The van der Waals surface area contributed by atoms with Crippen molar-refractivity contribution in [1.29, 1.82) is 0 Å². The maximum Gasteiger partial charge on any atom is 0.336 e. The summed E-state index contributed by atoms with van der Waals surface area (Å²) in [7, 11) is -7.97. The van der Waals surface area contributed by atoms with Gasteiger partial charge < -0.3 is 17.1 Å². The fourth-order valence-electron chi connectivity index (χ4n) is 3.87. The monoisotopic (exact) mass is 507 g/mol. The van der Waals surface area contributed by atoms with Crippen LogP contribution >= 0.6 is 0 Å². The number of aromatic nitrogens is 3. The fourth-order valence-corrected chi connectivity index (χ4v) is 22.2. The average molecular weight is 508 g/mol. The normalized spacial score (nSPS) is 17.8. The third kappa shape index (κ3) is 7.59. The van der Waals surface area contributed by atoms with Crippen LogP contribution in [-0.2, 0) is 36.8 Å². The van der Waals surface area contributed by atoms with E-state index in [1.807, 2.05) is 39.3 Å². The molecular weight excluding hydrogens is 471 g/mol. The molecule has 1 saturated heterocycles. The summed E-state index contributed by atoms with van der Waals surface area (Å²) in [5.41, 5.74) is -1.88. The van der Waals surface area contributed by atoms with Crippen molar-refractivity contribution >= 4 is 33.8 Å². The van der Waals surface area contributed by atoms with E-state index in [1.165, 1.54) is 7.05 Å². The molecule has 1 aliphatic heterocycles. The molecule has 0 aliphatic carbocycles. The van der Waals surface area contributed by atoms with E-state index in [1.54, 1.807) is 0 Å². The van der Waals surface area contributed by atoms with Crippen LogP contribution in [0.4, 0.5) is 0 Å². The van der Waals surface area contributed by atoms with E-state index in [9.17, 15) is 14.4 Å². The van der Waals surface area contributed by atoms with Crippen LogP contribution in [0.3, 0.4) is 0 Å². The van der Waals surface area contributed by atoms with Crippen molar-refractivity contribution < 1.29 is 17.1 Å². The van der Waals surface area contributed by atoms with Gasteiger partial charge in [-0.25, -0.2) is 28.1 Å². The second-order valence-corrected chi connectivity index (χ2v) is 26.6. The molecule has 0 saturated carbocycles. The lowest BCUT2D eigenvalue weighted by molar-refractivity contribution is 0.326. The minimum Gasteiger partial charge on any atom is -0.437 e. The van der Waals surface area contributed by atoms with Crippen LogP contribution in [0.2, 0.25) is 58.9 Å². The number of hydrogen-bond donors (Lipinski definition) is 0. The lowest BCUT2D eigenvalue weighted by atomic mass is 10.5. The molecule has 1 fully saturated rings. The fraction of sp³-hybridized carbons (Fsp3) is 0.824. The molecule has 31 heavy (non-hydrogen) atoms. The molecule has 2 heterocycles. The SMILES string of the molecule is Cn1c(=O)n(CC2CO2)c(=O)n(C[Si](C)(C)O[Si](C)(C)O[Si](C)(C)O[Si](C)(C)C)c1=O. The summed E-state index contributed by atoms with van der Waals surface area (Å²) in [4.78, 5) is 38.1. The van der Waals surface area contributed by atoms with E-state index in [0.717, 1.165) is 13.7 Å². The highest BCUT2D eigenvalue weighted by Gasteiger charge is 2.43. The van der Waals surface area contributed by atoms with Crippen molar-refractivity contribution in [3.05, 3.63) is 31.5 Å². The smallest absolute Gasteiger partial charge is 0.336 e. The topological polar surface area (TPSA) is 106 Å². The number of rotatable bonds is 10. The van der Waals surface area contributed by atoms with Gasteiger partial charge in [0.15, 0.2) is 16.6 Å². The summed E-state index contributed by atoms with van der Waals surface area (Å²) in [5.74, 6) is 0. The Balaban J connectivity index is 2.27. The van der Waals surface area contributed by atoms with E-state index in [2.05, 4.69) is 19.6 Å². The molecule has 0 N–H and O–H groups in total. The van der Waals surface area contributed by atoms with E-state index in [4.69, 9.17) is 17.1 Å². The maximum absolute atomic E-state index is 13.0. The van der Waals surface area contributed by atoms with Crippen LogP contribution in [-0.4, -0.2) is 60.2 Å². The Labute approximate surface area is 187 Å². The molecule has 2 rings (SSSR count). The summed E-state index contributed by atoms with van der Waals surface area (Å²) in [5, 5.41) is 0. The van der Waals surface area contributed by atoms with E-state index >= 15 is 0 Å². The van der Waals surface area contributed by atoms with E-state index < -0.39 is 50.8 Å². The van der Waals surface area contributed by atoms with Crippen LogP contribution in [0, 0.1) is 0 Å². The van der Waals surface area contributed by atoms with Crippen molar-refractivity contribution in [3.63, 3.8) is 0 Å². The zero-order valence-electron chi connectivity index (χ0n) is 20.4. The van der Waals surface area contributed by atoms with Gasteiger partial charge in [0, 0.05) is 7.05 Å². The molecule has 10 nitrogen and oxygen atoms in total. The van der Waals surface area contributed by atoms with Gasteiger partial charge >= 0.3 is 34.2 Å². The molecular formula is C17H37N3O7Si4. The zero-order valence-corrected chi connectivity index (χ0v) is 24.4. The standard InChI is InChI=1S/C17H37N3O7Si4/c1-18-15(21)19(11-14-12-24-14)17(23)20(16(18)22)13-29(5,6)26-31(9,10)27-30(7,8)25-28(2,3)4/h14H,11-13H2,1-10H3. The molecule has 0 bridgehead atoms. The van der Waals surface area contributed by atoms with Gasteiger partial charge in [0.1, 0.15) is 0 Å². The first-order valence-electron chi connectivity index (χ1n) is 10.5. The highest BCUT2D eigenvalue weighted by atomic mass is 28.5. The van der Waals surface area contributed by atoms with Crippen LogP contribution in [0.5, 0.6) is 0 Å². The Hall–Kier alpha value is -0.882. The summed E-state index contributed by atoms with van der Waals surface area (Å²) in [6.07, 6.45) is -0.0304. The minimum atomic E-state index is -2.61. The summed E-state index contributed by atoms with van der Waals surface area (Å²) in [6.45, 7) is 18.9. The average Bonchev–Trinajstić information content (AvgIpc) is 3.33.